The van der Waals surface area contributed by atoms with Crippen LogP contribution < -0.4 is 0 Å². The third-order valence-corrected chi connectivity index (χ3v) is 2.86. The van der Waals surface area contributed by atoms with Crippen LogP contribution in [0.1, 0.15) is 10.7 Å². The third-order valence-electron chi connectivity index (χ3n) is 1.50. The lowest BCUT2D eigenvalue weighted by molar-refractivity contribution is 0.968. The van der Waals surface area contributed by atoms with Crippen LogP contribution in [0.5, 0.6) is 0 Å². The molecule has 0 bridgehead atoms. The van der Waals surface area contributed by atoms with E-state index in [0.717, 1.165) is 21.0 Å². The summed E-state index contributed by atoms with van der Waals surface area (Å²) in [6, 6.07) is 5.85. The summed E-state index contributed by atoms with van der Waals surface area (Å²) >= 11 is 4.81. The van der Waals surface area contributed by atoms with Gasteiger partial charge < -0.3 is 0 Å². The quantitative estimate of drug-likeness (QED) is 0.827. The number of hydrogen-bond donors (Lipinski definition) is 0. The van der Waals surface area contributed by atoms with E-state index in [1.807, 2.05) is 18.2 Å². The van der Waals surface area contributed by atoms with Gasteiger partial charge in [-0.15, -0.1) is 10.2 Å². The summed E-state index contributed by atoms with van der Waals surface area (Å²) in [5.41, 5.74) is 1.02. The van der Waals surface area contributed by atoms with Gasteiger partial charge in [-0.25, -0.2) is 0 Å². The van der Waals surface area contributed by atoms with Crippen LogP contribution in [0.4, 0.5) is 0 Å². The Bertz CT molecular complexity index is 387. The molecule has 2 heterocycles. The van der Waals surface area contributed by atoms with E-state index in [2.05, 4.69) is 31.1 Å². The van der Waals surface area contributed by atoms with E-state index in [0.29, 0.717) is 0 Å². The van der Waals surface area contributed by atoms with E-state index in [1.54, 1.807) is 6.20 Å². The summed E-state index contributed by atoms with van der Waals surface area (Å²) in [6.45, 7) is 0. The maximum Gasteiger partial charge on any atom is 0.183 e. The molecular formula is C8H6BrN3S. The monoisotopic (exact) mass is 255 g/mol. The third kappa shape index (κ3) is 2.32. The van der Waals surface area contributed by atoms with Crippen molar-refractivity contribution >= 4 is 27.3 Å². The lowest BCUT2D eigenvalue weighted by atomic mass is 10.3. The standard InChI is InChI=1S/C8H6BrN3S/c9-8-12-11-7(13-8)5-6-3-1-2-4-10-6/h1-4H,5H2. The SMILES string of the molecule is Brc1nnc(Cc2ccccn2)s1. The van der Waals surface area contributed by atoms with Gasteiger partial charge in [0.25, 0.3) is 0 Å². The average Bonchev–Trinajstić information content (AvgIpc) is 2.53. The number of hydrogen-bond acceptors (Lipinski definition) is 4. The molecule has 0 saturated heterocycles. The van der Waals surface area contributed by atoms with Crippen LogP contribution in [-0.4, -0.2) is 15.2 Å². The molecule has 0 atom stereocenters. The smallest absolute Gasteiger partial charge is 0.183 e. The summed E-state index contributed by atoms with van der Waals surface area (Å²) in [5.74, 6) is 0. The molecule has 0 spiro atoms. The van der Waals surface area contributed by atoms with E-state index < -0.39 is 0 Å². The highest BCUT2D eigenvalue weighted by Crippen LogP contribution is 2.17. The van der Waals surface area contributed by atoms with Crippen LogP contribution in [0.15, 0.2) is 28.3 Å². The normalized spacial score (nSPS) is 10.2. The molecule has 0 unspecified atom stereocenters. The minimum absolute atomic E-state index is 0.754. The highest BCUT2D eigenvalue weighted by molar-refractivity contribution is 9.11. The number of rotatable bonds is 2. The Balaban J connectivity index is 2.15. The molecule has 13 heavy (non-hydrogen) atoms. The van der Waals surface area contributed by atoms with Crippen molar-refractivity contribution in [3.05, 3.63) is 39.0 Å². The van der Waals surface area contributed by atoms with Crippen LogP contribution in [0.25, 0.3) is 0 Å². The minimum atomic E-state index is 0.754. The Morgan fingerprint density at radius 2 is 2.23 bits per heavy atom. The highest BCUT2D eigenvalue weighted by Gasteiger charge is 2.02. The van der Waals surface area contributed by atoms with Crippen LogP contribution in [-0.2, 0) is 6.42 Å². The molecule has 0 radical (unpaired) electrons. The molecule has 0 saturated carbocycles. The van der Waals surface area contributed by atoms with Crippen LogP contribution in [0, 0.1) is 0 Å². The Morgan fingerprint density at radius 3 is 2.85 bits per heavy atom. The molecule has 0 aromatic carbocycles. The summed E-state index contributed by atoms with van der Waals surface area (Å²) in [7, 11) is 0. The Hall–Kier alpha value is -0.810. The number of aromatic nitrogens is 3. The molecule has 0 aliphatic rings. The first kappa shape index (κ1) is 8.77. The average molecular weight is 256 g/mol. The molecular weight excluding hydrogens is 250 g/mol. The maximum atomic E-state index is 4.21. The van der Waals surface area contributed by atoms with Gasteiger partial charge >= 0.3 is 0 Å². The molecule has 2 rings (SSSR count). The molecule has 2 aromatic rings. The highest BCUT2D eigenvalue weighted by atomic mass is 79.9. The van der Waals surface area contributed by atoms with Crippen LogP contribution in [0.2, 0.25) is 0 Å². The zero-order valence-electron chi connectivity index (χ0n) is 6.64. The molecule has 3 nitrogen and oxygen atoms in total. The van der Waals surface area contributed by atoms with Crippen molar-refractivity contribution in [2.75, 3.05) is 0 Å². The zero-order chi connectivity index (χ0) is 9.10. The van der Waals surface area contributed by atoms with Crippen molar-refractivity contribution in [2.45, 2.75) is 6.42 Å². The molecule has 0 aliphatic heterocycles. The molecule has 0 aliphatic carbocycles. The second-order valence-corrected chi connectivity index (χ2v) is 4.78. The van der Waals surface area contributed by atoms with Crippen LogP contribution in [0.3, 0.4) is 0 Å². The first-order valence-electron chi connectivity index (χ1n) is 3.72. The second kappa shape index (κ2) is 3.93. The molecule has 0 N–H and O–H groups in total. The Kier molecular flexibility index (Phi) is 2.65. The van der Waals surface area contributed by atoms with Gasteiger partial charge in [-0.1, -0.05) is 17.4 Å². The van der Waals surface area contributed by atoms with Gasteiger partial charge in [0.1, 0.15) is 5.01 Å². The fourth-order valence-electron chi connectivity index (χ4n) is 0.962. The predicted molar refractivity (Wildman–Crippen MR) is 54.7 cm³/mol. The Morgan fingerprint density at radius 1 is 1.31 bits per heavy atom. The van der Waals surface area contributed by atoms with Gasteiger partial charge in [-0.05, 0) is 28.1 Å². The molecule has 2 aromatic heterocycles. The number of halogens is 1. The van der Waals surface area contributed by atoms with Gasteiger partial charge in [0, 0.05) is 18.3 Å². The van der Waals surface area contributed by atoms with E-state index in [9.17, 15) is 0 Å². The summed E-state index contributed by atoms with van der Waals surface area (Å²) in [5, 5.41) is 8.84. The lowest BCUT2D eigenvalue weighted by Gasteiger charge is -1.93. The van der Waals surface area contributed by atoms with E-state index in [1.165, 1.54) is 11.3 Å². The van der Waals surface area contributed by atoms with Gasteiger partial charge in [-0.2, -0.15) is 0 Å². The van der Waals surface area contributed by atoms with Gasteiger partial charge in [0.05, 0.1) is 0 Å². The summed E-state index contributed by atoms with van der Waals surface area (Å²) in [4.78, 5) is 4.21. The predicted octanol–water partition coefficient (Wildman–Crippen LogP) is 2.29. The molecule has 66 valence electrons. The number of nitrogens with zero attached hydrogens (tertiary/aromatic N) is 3. The fraction of sp³-hybridized carbons (Fsp3) is 0.125. The van der Waals surface area contributed by atoms with Gasteiger partial charge in [0.15, 0.2) is 3.92 Å². The van der Waals surface area contributed by atoms with Crippen molar-refractivity contribution in [3.63, 3.8) is 0 Å². The van der Waals surface area contributed by atoms with Crippen molar-refractivity contribution < 1.29 is 0 Å². The minimum Gasteiger partial charge on any atom is -0.261 e. The molecule has 0 amide bonds. The van der Waals surface area contributed by atoms with E-state index in [-0.39, 0.29) is 0 Å². The maximum absolute atomic E-state index is 4.21. The second-order valence-electron chi connectivity index (χ2n) is 2.45. The van der Waals surface area contributed by atoms with Crippen molar-refractivity contribution in [3.8, 4) is 0 Å². The first-order chi connectivity index (χ1) is 6.34. The van der Waals surface area contributed by atoms with Crippen molar-refractivity contribution in [1.29, 1.82) is 0 Å². The zero-order valence-corrected chi connectivity index (χ0v) is 9.05. The fourth-order valence-corrected chi connectivity index (χ4v) is 2.18. The van der Waals surface area contributed by atoms with E-state index in [4.69, 9.17) is 0 Å². The molecule has 0 fully saturated rings. The van der Waals surface area contributed by atoms with Crippen molar-refractivity contribution in [1.82, 2.24) is 15.2 Å². The number of pyridine rings is 1. The molecule has 5 heteroatoms. The topological polar surface area (TPSA) is 38.7 Å². The van der Waals surface area contributed by atoms with Gasteiger partial charge in [-0.3, -0.25) is 4.98 Å². The Labute approximate surface area is 88.0 Å². The van der Waals surface area contributed by atoms with Crippen molar-refractivity contribution in [2.24, 2.45) is 0 Å². The summed E-state index contributed by atoms with van der Waals surface area (Å²) < 4.78 is 0.818. The van der Waals surface area contributed by atoms with Crippen LogP contribution >= 0.6 is 27.3 Å². The van der Waals surface area contributed by atoms with Gasteiger partial charge in [0.2, 0.25) is 0 Å². The lowest BCUT2D eigenvalue weighted by Crippen LogP contribution is -1.89. The van der Waals surface area contributed by atoms with E-state index >= 15 is 0 Å². The first-order valence-corrected chi connectivity index (χ1v) is 5.33. The summed E-state index contributed by atoms with van der Waals surface area (Å²) in [6.07, 6.45) is 2.54. The largest absolute Gasteiger partial charge is 0.261 e.